The predicted molar refractivity (Wildman–Crippen MR) is 228 cm³/mol. The average molecular weight is 717 g/mol. The van der Waals surface area contributed by atoms with Crippen LogP contribution in [0.15, 0.2) is 194 Å². The number of fused-ring (bicyclic) bond motifs is 6. The summed E-state index contributed by atoms with van der Waals surface area (Å²) in [6, 6.07) is 63.5. The molecule has 262 valence electrons. The van der Waals surface area contributed by atoms with Crippen LogP contribution in [-0.2, 0) is 0 Å². The molecule has 0 aliphatic rings. The molecule has 6 nitrogen and oxygen atoms in total. The van der Waals surface area contributed by atoms with E-state index in [1.165, 1.54) is 0 Å². The molecule has 0 aliphatic carbocycles. The van der Waals surface area contributed by atoms with Gasteiger partial charge < -0.3 is 4.57 Å². The summed E-state index contributed by atoms with van der Waals surface area (Å²) in [6.07, 6.45) is 3.83. The Bertz CT molecular complexity index is 3150. The second-order valence-corrected chi connectivity index (χ2v) is 13.9. The van der Waals surface area contributed by atoms with Crippen molar-refractivity contribution in [3.63, 3.8) is 0 Å². The van der Waals surface area contributed by atoms with E-state index in [9.17, 15) is 0 Å². The zero-order valence-electron chi connectivity index (χ0n) is 30.2. The van der Waals surface area contributed by atoms with Gasteiger partial charge in [0.2, 0.25) is 5.95 Å². The summed E-state index contributed by atoms with van der Waals surface area (Å²) in [7, 11) is 0. The van der Waals surface area contributed by atoms with Crippen LogP contribution in [0, 0.1) is 0 Å². The Morgan fingerprint density at radius 3 is 1.57 bits per heavy atom. The van der Waals surface area contributed by atoms with E-state index in [2.05, 4.69) is 178 Å². The fourth-order valence-corrected chi connectivity index (χ4v) is 8.19. The monoisotopic (exact) mass is 716 g/mol. The Morgan fingerprint density at radius 2 is 0.857 bits per heavy atom. The number of hydrogen-bond donors (Lipinski definition) is 0. The number of para-hydroxylation sites is 4. The van der Waals surface area contributed by atoms with E-state index < -0.39 is 0 Å². The van der Waals surface area contributed by atoms with Crippen molar-refractivity contribution >= 4 is 43.6 Å². The van der Waals surface area contributed by atoms with E-state index in [0.29, 0.717) is 17.6 Å². The fraction of sp³-hybridized carbons (Fsp3) is 0. The number of pyridine rings is 1. The molecule has 0 aliphatic heterocycles. The third-order valence-corrected chi connectivity index (χ3v) is 10.7. The van der Waals surface area contributed by atoms with Crippen molar-refractivity contribution in [2.45, 2.75) is 0 Å². The van der Waals surface area contributed by atoms with Crippen LogP contribution in [0.25, 0.3) is 100 Å². The first-order valence-corrected chi connectivity index (χ1v) is 18.7. The number of rotatable bonds is 6. The lowest BCUT2D eigenvalue weighted by molar-refractivity contribution is 0.952. The van der Waals surface area contributed by atoms with Crippen LogP contribution in [0.3, 0.4) is 0 Å². The highest BCUT2D eigenvalue weighted by Crippen LogP contribution is 2.42. The zero-order chi connectivity index (χ0) is 37.0. The molecule has 0 radical (unpaired) electrons. The summed E-state index contributed by atoms with van der Waals surface area (Å²) in [5.74, 6) is 1.73. The number of hydrogen-bond acceptors (Lipinski definition) is 4. The molecule has 0 unspecified atom stereocenters. The van der Waals surface area contributed by atoms with Gasteiger partial charge in [-0.15, -0.1) is 0 Å². The van der Waals surface area contributed by atoms with Gasteiger partial charge in [-0.05, 0) is 53.1 Å². The van der Waals surface area contributed by atoms with Crippen molar-refractivity contribution in [1.29, 1.82) is 0 Å². The summed E-state index contributed by atoms with van der Waals surface area (Å²) < 4.78 is 4.53. The maximum atomic E-state index is 5.42. The topological polar surface area (TPSA) is 61.4 Å². The molecule has 0 amide bonds. The first-order chi connectivity index (χ1) is 27.8. The van der Waals surface area contributed by atoms with Crippen LogP contribution < -0.4 is 0 Å². The van der Waals surface area contributed by atoms with Crippen LogP contribution in [0.2, 0.25) is 0 Å². The Hall–Kier alpha value is -7.70. The van der Waals surface area contributed by atoms with E-state index in [-0.39, 0.29) is 0 Å². The van der Waals surface area contributed by atoms with Gasteiger partial charge in [0.1, 0.15) is 0 Å². The summed E-state index contributed by atoms with van der Waals surface area (Å²) in [5, 5.41) is 4.49. The van der Waals surface area contributed by atoms with Crippen LogP contribution in [0.1, 0.15) is 0 Å². The second kappa shape index (κ2) is 13.0. The van der Waals surface area contributed by atoms with Gasteiger partial charge in [-0.25, -0.2) is 4.98 Å². The summed E-state index contributed by atoms with van der Waals surface area (Å²) in [4.78, 5) is 20.5. The van der Waals surface area contributed by atoms with Gasteiger partial charge in [-0.3, -0.25) is 9.55 Å². The van der Waals surface area contributed by atoms with Crippen LogP contribution in [-0.4, -0.2) is 29.1 Å². The highest BCUT2D eigenvalue weighted by Gasteiger charge is 2.24. The smallest absolute Gasteiger partial charge is 0.238 e. The molecular weight excluding hydrogens is 685 g/mol. The highest BCUT2D eigenvalue weighted by molar-refractivity contribution is 6.11. The van der Waals surface area contributed by atoms with Gasteiger partial charge >= 0.3 is 0 Å². The third kappa shape index (κ3) is 5.11. The molecule has 11 aromatic rings. The van der Waals surface area contributed by atoms with E-state index in [1.54, 1.807) is 0 Å². The molecule has 0 N–H and O–H groups in total. The van der Waals surface area contributed by atoms with E-state index in [4.69, 9.17) is 15.0 Å². The SMILES string of the molecule is c1ccc(-c2cccc(-c3cccc(-c4nc(-c5ccccc5)nc(-n5c6ccccc6c6ccccc65)n4)c3-n3c4ccccc4c4cnccc43)c2)cc1. The predicted octanol–water partition coefficient (Wildman–Crippen LogP) is 12.1. The molecule has 6 heteroatoms. The summed E-state index contributed by atoms with van der Waals surface area (Å²) in [6.45, 7) is 0. The van der Waals surface area contributed by atoms with Crippen molar-refractivity contribution in [3.8, 4) is 56.7 Å². The molecule has 0 bridgehead atoms. The molecule has 0 atom stereocenters. The lowest BCUT2D eigenvalue weighted by atomic mass is 9.95. The molecule has 4 aromatic heterocycles. The van der Waals surface area contributed by atoms with E-state index in [1.807, 2.05) is 30.6 Å². The van der Waals surface area contributed by atoms with Crippen LogP contribution in [0.4, 0.5) is 0 Å². The highest BCUT2D eigenvalue weighted by atomic mass is 15.2. The maximum absolute atomic E-state index is 5.42. The standard InChI is InChI=1S/C50H32N6/c1-3-15-33(16-4-1)35-19-13-20-36(31-35)37-24-14-25-41(47(37)55-43-26-10-9-23-40(43)42-32-51-30-29-46(42)55)49-52-48(34-17-5-2-6-18-34)53-50(54-49)56-44-27-11-7-21-38(44)39-22-8-12-28-45(39)56/h1-32H. The molecular formula is C50H32N6. The van der Waals surface area contributed by atoms with Crippen molar-refractivity contribution in [1.82, 2.24) is 29.1 Å². The van der Waals surface area contributed by atoms with Gasteiger partial charge in [0.25, 0.3) is 0 Å². The maximum Gasteiger partial charge on any atom is 0.238 e. The van der Waals surface area contributed by atoms with Gasteiger partial charge in [-0.1, -0.05) is 146 Å². The Balaban J connectivity index is 1.25. The van der Waals surface area contributed by atoms with Gasteiger partial charge in [0.15, 0.2) is 11.6 Å². The van der Waals surface area contributed by atoms with Gasteiger partial charge in [0.05, 0.1) is 27.8 Å². The summed E-state index contributed by atoms with van der Waals surface area (Å²) >= 11 is 0. The normalized spacial score (nSPS) is 11.6. The van der Waals surface area contributed by atoms with Crippen molar-refractivity contribution < 1.29 is 0 Å². The fourth-order valence-electron chi connectivity index (χ4n) is 8.19. The second-order valence-electron chi connectivity index (χ2n) is 13.9. The Kier molecular flexibility index (Phi) is 7.38. The van der Waals surface area contributed by atoms with Crippen LogP contribution in [0.5, 0.6) is 0 Å². The number of benzene rings is 7. The minimum absolute atomic E-state index is 0.556. The largest absolute Gasteiger partial charge is 0.308 e. The molecule has 0 fully saturated rings. The minimum Gasteiger partial charge on any atom is -0.308 e. The average Bonchev–Trinajstić information content (AvgIpc) is 3.80. The first kappa shape index (κ1) is 31.8. The zero-order valence-corrected chi connectivity index (χ0v) is 30.2. The lowest BCUT2D eigenvalue weighted by Crippen LogP contribution is -2.08. The quantitative estimate of drug-likeness (QED) is 0.172. The summed E-state index contributed by atoms with van der Waals surface area (Å²) in [5.41, 5.74) is 11.4. The number of aromatic nitrogens is 6. The first-order valence-electron chi connectivity index (χ1n) is 18.7. The molecule has 4 heterocycles. The van der Waals surface area contributed by atoms with Crippen molar-refractivity contribution in [2.24, 2.45) is 0 Å². The van der Waals surface area contributed by atoms with Gasteiger partial charge in [-0.2, -0.15) is 9.97 Å². The Labute approximate surface area is 322 Å². The lowest BCUT2D eigenvalue weighted by Gasteiger charge is -2.19. The van der Waals surface area contributed by atoms with Crippen molar-refractivity contribution in [3.05, 3.63) is 194 Å². The molecule has 0 saturated heterocycles. The number of nitrogens with zero attached hydrogens (tertiary/aromatic N) is 6. The molecule has 7 aromatic carbocycles. The third-order valence-electron chi connectivity index (χ3n) is 10.7. The van der Waals surface area contributed by atoms with Crippen LogP contribution >= 0.6 is 0 Å². The molecule has 0 saturated carbocycles. The minimum atomic E-state index is 0.556. The van der Waals surface area contributed by atoms with E-state index >= 15 is 0 Å². The molecule has 56 heavy (non-hydrogen) atoms. The molecule has 11 rings (SSSR count). The molecule has 0 spiro atoms. The Morgan fingerprint density at radius 1 is 0.339 bits per heavy atom. The van der Waals surface area contributed by atoms with Gasteiger partial charge in [0, 0.05) is 50.6 Å². The van der Waals surface area contributed by atoms with E-state index in [0.717, 1.165) is 82.7 Å². The van der Waals surface area contributed by atoms with Crippen molar-refractivity contribution in [2.75, 3.05) is 0 Å².